The molecule has 6 aromatic heterocycles. The average Bonchev–Trinajstić information content (AvgIpc) is 1.54. The minimum Gasteiger partial charge on any atom is -0.309 e. The number of thiophene rings is 2. The van der Waals surface area contributed by atoms with Gasteiger partial charge in [-0.15, -0.1) is 22.7 Å². The van der Waals surface area contributed by atoms with E-state index in [9.17, 15) is 0 Å². The number of aromatic nitrogens is 7. The van der Waals surface area contributed by atoms with Gasteiger partial charge >= 0.3 is 0 Å². The van der Waals surface area contributed by atoms with Crippen molar-refractivity contribution in [1.82, 2.24) is 34.1 Å². The summed E-state index contributed by atoms with van der Waals surface area (Å²) >= 11 is 3.76. The standard InChI is InChI=1S/C53H30N4S.C42H23N3S/c1-2-11-33(12-3-1)51-54-52(56-53(55-51)36-21-20-31-10-4-5-13-35(31)28-36)34-22-25-37(26-23-34)57-44-18-9-17-40-42-30-47-43(38-15-6-7-19-46(38)58-47)29-41(42)39-16-8-14-32-24-27-45(57)50(48(32)39)49(40)44;1-2-10-25(11-3-1)41-29-14-4-6-17-33(29)43-42(44-41)45-34-18-9-16-28-31-23-37-32(26-13-5-7-19-36(26)46-37)22-30(31)27-15-8-12-24-20-21-35(45)40(38(24)27)39(28)34/h1-30H;1-23H. The number of benzene rings is 16. The van der Waals surface area contributed by atoms with E-state index in [2.05, 4.69) is 306 Å². The van der Waals surface area contributed by atoms with Crippen LogP contribution in [-0.2, 0) is 0 Å². The van der Waals surface area contributed by atoms with Crippen molar-refractivity contribution in [3.8, 4) is 102 Å². The van der Waals surface area contributed by atoms with Crippen LogP contribution < -0.4 is 0 Å². The molecule has 2 aliphatic rings. The SMILES string of the molecule is c1ccc(-c2nc(-c3ccc(-n4c5cccc6c5c5c7c(cccc7ccc54)-c4cc5c(cc4-6)sc4ccccc45)cc3)nc(-c3ccc4ccccc4c3)n2)cc1.c1ccc(-c2nc(-n3c4cccc5c4c4c6c(cccc6ccc43)-c3cc4c(cc3-5)sc3ccccc34)nc3ccccc23)cc1. The van der Waals surface area contributed by atoms with Gasteiger partial charge in [-0.25, -0.2) is 24.9 Å². The average molecular weight is 1360 g/mol. The molecule has 104 heavy (non-hydrogen) atoms. The van der Waals surface area contributed by atoms with Crippen molar-refractivity contribution in [1.29, 1.82) is 0 Å². The normalized spacial score (nSPS) is 12.2. The fourth-order valence-corrected chi connectivity index (χ4v) is 19.4. The Bertz CT molecular complexity index is 7470. The van der Waals surface area contributed by atoms with Gasteiger partial charge in [0.05, 0.1) is 33.3 Å². The van der Waals surface area contributed by atoms with Crippen molar-refractivity contribution in [2.75, 3.05) is 0 Å². The van der Waals surface area contributed by atoms with Crippen LogP contribution in [0, 0.1) is 0 Å². The molecule has 16 aromatic carbocycles. The molecule has 0 N–H and O–H groups in total. The lowest BCUT2D eigenvalue weighted by molar-refractivity contribution is 1.01. The summed E-state index contributed by atoms with van der Waals surface area (Å²) in [5.74, 6) is 2.63. The van der Waals surface area contributed by atoms with Crippen LogP contribution in [0.15, 0.2) is 322 Å². The Labute approximate surface area is 602 Å². The highest BCUT2D eigenvalue weighted by Gasteiger charge is 2.30. The predicted octanol–water partition coefficient (Wildman–Crippen LogP) is 25.9. The Morgan fingerprint density at radius 1 is 0.221 bits per heavy atom. The van der Waals surface area contributed by atoms with Gasteiger partial charge in [0, 0.05) is 95.2 Å². The molecule has 0 atom stereocenters. The van der Waals surface area contributed by atoms with Crippen LogP contribution in [0.4, 0.5) is 0 Å². The summed E-state index contributed by atoms with van der Waals surface area (Å²) in [5.41, 5.74) is 21.7. The van der Waals surface area contributed by atoms with E-state index in [0.29, 0.717) is 23.4 Å². The summed E-state index contributed by atoms with van der Waals surface area (Å²) < 4.78 is 10.00. The van der Waals surface area contributed by atoms with E-state index in [4.69, 9.17) is 24.9 Å². The Morgan fingerprint density at radius 2 is 0.654 bits per heavy atom. The maximum absolute atomic E-state index is 5.33. The highest BCUT2D eigenvalue weighted by molar-refractivity contribution is 7.26. The largest absolute Gasteiger partial charge is 0.309 e. The van der Waals surface area contributed by atoms with E-state index in [1.54, 1.807) is 0 Å². The number of fused-ring (bicyclic) bond motifs is 14. The molecular formula is C95H53N7S2. The van der Waals surface area contributed by atoms with Gasteiger partial charge in [-0.3, -0.25) is 4.57 Å². The lowest BCUT2D eigenvalue weighted by atomic mass is 9.92. The van der Waals surface area contributed by atoms with E-state index in [1.165, 1.54) is 144 Å². The third-order valence-corrected chi connectivity index (χ3v) is 24.0. The number of rotatable bonds is 6. The van der Waals surface area contributed by atoms with Gasteiger partial charge in [0.2, 0.25) is 5.95 Å². The Kier molecular flexibility index (Phi) is 12.2. The summed E-state index contributed by atoms with van der Waals surface area (Å²) in [6, 6.07) is 116. The fourth-order valence-electron chi connectivity index (χ4n) is 17.1. The third-order valence-electron chi connectivity index (χ3n) is 21.7. The van der Waals surface area contributed by atoms with E-state index in [0.717, 1.165) is 61.0 Å². The number of para-hydroxylation sites is 1. The quantitative estimate of drug-likeness (QED) is 0.166. The van der Waals surface area contributed by atoms with Crippen LogP contribution in [-0.4, -0.2) is 34.1 Å². The summed E-state index contributed by atoms with van der Waals surface area (Å²) in [5, 5.41) is 18.9. The minimum absolute atomic E-state index is 0.641. The maximum atomic E-state index is 5.33. The smallest absolute Gasteiger partial charge is 0.235 e. The summed E-state index contributed by atoms with van der Waals surface area (Å²) in [4.78, 5) is 25.7. The second kappa shape index (κ2) is 22.1. The monoisotopic (exact) mass is 1360 g/mol. The zero-order valence-corrected chi connectivity index (χ0v) is 57.2. The van der Waals surface area contributed by atoms with Gasteiger partial charge in [-0.2, -0.15) is 0 Å². The Hall–Kier alpha value is -13.3. The molecule has 7 nitrogen and oxygen atoms in total. The van der Waals surface area contributed by atoms with E-state index in [1.807, 2.05) is 46.9 Å². The lowest BCUT2D eigenvalue weighted by Crippen LogP contribution is -2.03. The second-order valence-corrected chi connectivity index (χ2v) is 29.5. The highest BCUT2D eigenvalue weighted by Crippen LogP contribution is 2.54. The van der Waals surface area contributed by atoms with Crippen LogP contribution in [0.3, 0.4) is 0 Å². The first-order valence-corrected chi connectivity index (χ1v) is 36.8. The maximum Gasteiger partial charge on any atom is 0.235 e. The van der Waals surface area contributed by atoms with Crippen molar-refractivity contribution >= 4 is 150 Å². The molecule has 0 aliphatic heterocycles. The molecule has 0 unspecified atom stereocenters. The summed E-state index contributed by atoms with van der Waals surface area (Å²) in [7, 11) is 0. The predicted molar refractivity (Wildman–Crippen MR) is 437 cm³/mol. The molecule has 0 fully saturated rings. The van der Waals surface area contributed by atoms with Crippen LogP contribution in [0.1, 0.15) is 0 Å². The van der Waals surface area contributed by atoms with Crippen molar-refractivity contribution < 1.29 is 0 Å². The van der Waals surface area contributed by atoms with Crippen LogP contribution in [0.25, 0.3) is 229 Å². The van der Waals surface area contributed by atoms with E-state index >= 15 is 0 Å². The van der Waals surface area contributed by atoms with E-state index < -0.39 is 0 Å². The van der Waals surface area contributed by atoms with Gasteiger partial charge in [0.1, 0.15) is 0 Å². The summed E-state index contributed by atoms with van der Waals surface area (Å²) in [6.45, 7) is 0. The van der Waals surface area contributed by atoms with Gasteiger partial charge in [0.25, 0.3) is 0 Å². The van der Waals surface area contributed by atoms with Crippen LogP contribution in [0.5, 0.6) is 0 Å². The first-order chi connectivity index (χ1) is 51.5. The van der Waals surface area contributed by atoms with Crippen LogP contribution in [0.2, 0.25) is 0 Å². The Balaban J connectivity index is 0.000000131. The van der Waals surface area contributed by atoms with Crippen molar-refractivity contribution in [2.24, 2.45) is 0 Å². The van der Waals surface area contributed by atoms with Gasteiger partial charge in [-0.05, 0) is 174 Å². The molecule has 0 amide bonds. The van der Waals surface area contributed by atoms with Crippen molar-refractivity contribution in [3.63, 3.8) is 0 Å². The third kappa shape index (κ3) is 8.47. The molecule has 0 saturated heterocycles. The first-order valence-electron chi connectivity index (χ1n) is 35.2. The summed E-state index contributed by atoms with van der Waals surface area (Å²) in [6.07, 6.45) is 0. The fraction of sp³-hybridized carbons (Fsp3) is 0. The first kappa shape index (κ1) is 57.4. The van der Waals surface area contributed by atoms with Crippen LogP contribution >= 0.6 is 22.7 Å². The molecule has 2 aliphatic carbocycles. The topological polar surface area (TPSA) is 74.3 Å². The molecule has 22 aromatic rings. The lowest BCUT2D eigenvalue weighted by Gasteiger charge is -2.15. The molecule has 0 bridgehead atoms. The molecule has 24 rings (SSSR count). The van der Waals surface area contributed by atoms with Gasteiger partial charge < -0.3 is 4.57 Å². The molecular weight excluding hydrogens is 1300 g/mol. The van der Waals surface area contributed by atoms with Crippen molar-refractivity contribution in [2.45, 2.75) is 0 Å². The Morgan fingerprint density at radius 3 is 1.26 bits per heavy atom. The zero-order valence-electron chi connectivity index (χ0n) is 55.5. The minimum atomic E-state index is 0.641. The van der Waals surface area contributed by atoms with Gasteiger partial charge in [0.15, 0.2) is 17.5 Å². The molecule has 0 radical (unpaired) electrons. The molecule has 6 heterocycles. The molecule has 9 heteroatoms. The molecule has 480 valence electrons. The van der Waals surface area contributed by atoms with E-state index in [-0.39, 0.29) is 0 Å². The second-order valence-electron chi connectivity index (χ2n) is 27.3. The van der Waals surface area contributed by atoms with Crippen molar-refractivity contribution in [3.05, 3.63) is 322 Å². The molecule has 0 saturated carbocycles. The number of nitrogens with zero attached hydrogens (tertiary/aromatic N) is 7. The van der Waals surface area contributed by atoms with Gasteiger partial charge in [-0.1, -0.05) is 224 Å². The number of hydrogen-bond acceptors (Lipinski definition) is 7. The number of hydrogen-bond donors (Lipinski definition) is 0. The highest BCUT2D eigenvalue weighted by atomic mass is 32.1. The zero-order chi connectivity index (χ0) is 67.8. The molecule has 0 spiro atoms.